The lowest BCUT2D eigenvalue weighted by Crippen LogP contribution is -2.50. The summed E-state index contributed by atoms with van der Waals surface area (Å²) in [5, 5.41) is 18.0. The first-order valence-electron chi connectivity index (χ1n) is 12.3. The number of fused-ring (bicyclic) bond motifs is 1. The fraction of sp³-hybridized carbons (Fsp3) is 0.583. The van der Waals surface area contributed by atoms with Gasteiger partial charge in [0, 0.05) is 50.4 Å². The Kier molecular flexibility index (Phi) is 7.36. The van der Waals surface area contributed by atoms with E-state index in [1.807, 2.05) is 13.8 Å². The zero-order valence-corrected chi connectivity index (χ0v) is 21.0. The molecule has 1 saturated heterocycles. The molecule has 0 radical (unpaired) electrons. The number of alkyl halides is 3. The lowest BCUT2D eigenvalue weighted by Gasteiger charge is -2.34. The Morgan fingerprint density at radius 1 is 1.19 bits per heavy atom. The van der Waals surface area contributed by atoms with E-state index in [0.29, 0.717) is 11.3 Å². The minimum Gasteiger partial charge on any atom is -0.494 e. The predicted molar refractivity (Wildman–Crippen MR) is 129 cm³/mol. The van der Waals surface area contributed by atoms with Crippen molar-refractivity contribution < 1.29 is 27.9 Å². The second-order valence-corrected chi connectivity index (χ2v) is 10.0. The smallest absolute Gasteiger partial charge is 0.401 e. The Hall–Kier alpha value is -3.35. The highest BCUT2D eigenvalue weighted by Gasteiger charge is 2.33. The summed E-state index contributed by atoms with van der Waals surface area (Å²) >= 11 is 0. The number of nitrogens with one attached hydrogen (secondary N) is 1. The van der Waals surface area contributed by atoms with Gasteiger partial charge in [0.25, 0.3) is 11.5 Å². The molecule has 2 aromatic heterocycles. The van der Waals surface area contributed by atoms with E-state index in [4.69, 9.17) is 0 Å². The Labute approximate surface area is 211 Å². The Bertz CT molecular complexity index is 1280. The van der Waals surface area contributed by atoms with Gasteiger partial charge in [-0.05, 0) is 31.8 Å². The fourth-order valence-electron chi connectivity index (χ4n) is 4.42. The van der Waals surface area contributed by atoms with Crippen LogP contribution >= 0.6 is 0 Å². The topological polar surface area (TPSA) is 112 Å². The van der Waals surface area contributed by atoms with Crippen LogP contribution in [0.5, 0.6) is 5.88 Å². The highest BCUT2D eigenvalue weighted by molar-refractivity contribution is 5.97. The molecule has 0 bridgehead atoms. The fourth-order valence-corrected chi connectivity index (χ4v) is 4.42. The van der Waals surface area contributed by atoms with E-state index in [1.165, 1.54) is 26.5 Å². The Morgan fingerprint density at radius 3 is 2.41 bits per heavy atom. The summed E-state index contributed by atoms with van der Waals surface area (Å²) in [7, 11) is 0. The molecule has 37 heavy (non-hydrogen) atoms. The number of nitrogens with zero attached hydrogens (tertiary/aromatic N) is 5. The molecule has 2 aromatic rings. The van der Waals surface area contributed by atoms with Crippen molar-refractivity contribution >= 4 is 23.5 Å². The number of carbonyl (C=O) groups excluding carboxylic acids is 2. The highest BCUT2D eigenvalue weighted by atomic mass is 19.4. The van der Waals surface area contributed by atoms with Crippen molar-refractivity contribution in [3.05, 3.63) is 33.3 Å². The van der Waals surface area contributed by atoms with Crippen LogP contribution in [0.2, 0.25) is 0 Å². The predicted octanol–water partition coefficient (Wildman–Crippen LogP) is 1.78. The molecule has 2 aliphatic rings. The van der Waals surface area contributed by atoms with E-state index in [0.717, 1.165) is 17.4 Å². The van der Waals surface area contributed by atoms with Crippen LogP contribution in [-0.4, -0.2) is 85.8 Å². The van der Waals surface area contributed by atoms with Crippen LogP contribution in [0.1, 0.15) is 48.3 Å². The number of rotatable bonds is 7. The van der Waals surface area contributed by atoms with Crippen LogP contribution in [0, 0.1) is 12.8 Å². The zero-order valence-electron chi connectivity index (χ0n) is 21.0. The minimum absolute atomic E-state index is 0.0141. The molecule has 1 saturated carbocycles. The number of aryl methyl sites for hydroxylation is 1. The average molecular weight is 525 g/mol. The summed E-state index contributed by atoms with van der Waals surface area (Å²) in [5.41, 5.74) is -0.0683. The molecule has 2 amide bonds. The molecule has 0 aromatic carbocycles. The van der Waals surface area contributed by atoms with Gasteiger partial charge in [-0.25, -0.2) is 0 Å². The van der Waals surface area contributed by atoms with Gasteiger partial charge in [0.1, 0.15) is 5.65 Å². The normalized spacial score (nSPS) is 17.3. The van der Waals surface area contributed by atoms with Gasteiger partial charge in [0.2, 0.25) is 11.8 Å². The summed E-state index contributed by atoms with van der Waals surface area (Å²) in [4.78, 5) is 41.4. The zero-order chi connectivity index (χ0) is 27.1. The van der Waals surface area contributed by atoms with Crippen molar-refractivity contribution in [3.63, 3.8) is 0 Å². The molecule has 2 N–H and O–H groups in total. The second kappa shape index (κ2) is 10.2. The Balaban J connectivity index is 1.64. The maximum Gasteiger partial charge on any atom is 0.401 e. The second-order valence-electron chi connectivity index (χ2n) is 10.0. The maximum absolute atomic E-state index is 13.2. The molecular weight excluding hydrogens is 493 g/mol. The van der Waals surface area contributed by atoms with E-state index in [-0.39, 0.29) is 61.8 Å². The van der Waals surface area contributed by atoms with Crippen molar-refractivity contribution in [1.82, 2.24) is 29.3 Å². The average Bonchev–Trinajstić information content (AvgIpc) is 3.55. The third-order valence-corrected chi connectivity index (χ3v) is 6.39. The number of hydrogen-bond acceptors (Lipinski definition) is 6. The molecule has 2 fully saturated rings. The molecule has 0 atom stereocenters. The molecular formula is C24H31F3N6O4. The highest BCUT2D eigenvalue weighted by Crippen LogP contribution is 2.26. The molecule has 0 spiro atoms. The van der Waals surface area contributed by atoms with Gasteiger partial charge in [-0.3, -0.25) is 23.9 Å². The SMILES string of the molecule is Cc1nn2c(=O)c(C(=O)NC3CC3)c(O)n(CC(C)C)c2c1C=CC(=O)N1CCN(CC(F)(F)F)CC1. The van der Waals surface area contributed by atoms with Gasteiger partial charge in [0.15, 0.2) is 5.56 Å². The molecule has 0 unspecified atom stereocenters. The summed E-state index contributed by atoms with van der Waals surface area (Å²) in [6, 6.07) is -0.0141. The molecule has 4 rings (SSSR count). The first kappa shape index (κ1) is 26.7. The third kappa shape index (κ3) is 5.97. The Morgan fingerprint density at radius 2 is 1.84 bits per heavy atom. The standard InChI is InChI=1S/C24H31F3N6O4/c1-14(2)12-32-21-17(6-7-18(34)31-10-8-30(9-11-31)13-24(25,26)27)15(3)29-33(21)23(37)19(22(32)36)20(35)28-16-4-5-16/h6-7,14,16,36H,4-5,8-13H2,1-3H3,(H,28,35). The van der Waals surface area contributed by atoms with E-state index < -0.39 is 30.1 Å². The van der Waals surface area contributed by atoms with E-state index in [9.17, 15) is 32.7 Å². The number of aromatic hydroxyl groups is 1. The quantitative estimate of drug-likeness (QED) is 0.534. The van der Waals surface area contributed by atoms with Crippen LogP contribution in [-0.2, 0) is 11.3 Å². The largest absolute Gasteiger partial charge is 0.494 e. The van der Waals surface area contributed by atoms with Crippen LogP contribution in [0.3, 0.4) is 0 Å². The van der Waals surface area contributed by atoms with Gasteiger partial charge >= 0.3 is 6.18 Å². The van der Waals surface area contributed by atoms with Crippen molar-refractivity contribution in [2.24, 2.45) is 5.92 Å². The number of piperazine rings is 1. The molecule has 1 aliphatic carbocycles. The lowest BCUT2D eigenvalue weighted by atomic mass is 10.1. The molecule has 3 heterocycles. The molecule has 202 valence electrons. The van der Waals surface area contributed by atoms with Gasteiger partial charge < -0.3 is 15.3 Å². The number of amides is 2. The third-order valence-electron chi connectivity index (χ3n) is 6.39. The molecule has 13 heteroatoms. The van der Waals surface area contributed by atoms with Crippen LogP contribution < -0.4 is 10.9 Å². The lowest BCUT2D eigenvalue weighted by molar-refractivity contribution is -0.150. The number of aromatic nitrogens is 3. The van der Waals surface area contributed by atoms with Crippen molar-refractivity contribution in [2.75, 3.05) is 32.7 Å². The first-order valence-corrected chi connectivity index (χ1v) is 12.3. The van der Waals surface area contributed by atoms with E-state index in [2.05, 4.69) is 10.4 Å². The summed E-state index contributed by atoms with van der Waals surface area (Å²) in [6.07, 6.45) is 0.120. The van der Waals surface area contributed by atoms with E-state index in [1.54, 1.807) is 6.92 Å². The van der Waals surface area contributed by atoms with Gasteiger partial charge in [-0.2, -0.15) is 22.8 Å². The number of carbonyl (C=O) groups is 2. The van der Waals surface area contributed by atoms with Crippen LogP contribution in [0.15, 0.2) is 10.9 Å². The van der Waals surface area contributed by atoms with Gasteiger partial charge in [-0.15, -0.1) is 0 Å². The van der Waals surface area contributed by atoms with Crippen molar-refractivity contribution in [2.45, 2.75) is 52.4 Å². The van der Waals surface area contributed by atoms with Gasteiger partial charge in [0.05, 0.1) is 12.2 Å². The summed E-state index contributed by atoms with van der Waals surface area (Å²) < 4.78 is 40.4. The molecule has 1 aliphatic heterocycles. The number of hydrogen-bond donors (Lipinski definition) is 2. The minimum atomic E-state index is -4.29. The summed E-state index contributed by atoms with van der Waals surface area (Å²) in [5.74, 6) is -1.47. The summed E-state index contributed by atoms with van der Waals surface area (Å²) in [6.45, 7) is 5.29. The van der Waals surface area contributed by atoms with Crippen molar-refractivity contribution in [3.8, 4) is 5.88 Å². The monoisotopic (exact) mass is 524 g/mol. The van der Waals surface area contributed by atoms with Crippen molar-refractivity contribution in [1.29, 1.82) is 0 Å². The van der Waals surface area contributed by atoms with Crippen LogP contribution in [0.4, 0.5) is 13.2 Å². The van der Waals surface area contributed by atoms with Gasteiger partial charge in [-0.1, -0.05) is 13.8 Å². The maximum atomic E-state index is 13.2. The van der Waals surface area contributed by atoms with E-state index >= 15 is 0 Å². The van der Waals surface area contributed by atoms with Crippen LogP contribution in [0.25, 0.3) is 11.7 Å². The number of halogens is 3. The first-order chi connectivity index (χ1) is 17.4. The molecule has 10 nitrogen and oxygen atoms in total.